The zero-order valence-electron chi connectivity index (χ0n) is 15.8. The molecule has 28 heavy (non-hydrogen) atoms. The average Bonchev–Trinajstić information content (AvgIpc) is 2.80. The van der Waals surface area contributed by atoms with E-state index in [1.165, 1.54) is 5.39 Å². The number of amidine groups is 1. The number of para-hydroxylation sites is 1. The van der Waals surface area contributed by atoms with Crippen molar-refractivity contribution < 1.29 is 0 Å². The third-order valence-corrected chi connectivity index (χ3v) is 5.38. The number of benzene rings is 1. The van der Waals surface area contributed by atoms with Crippen LogP contribution in [0.2, 0.25) is 0 Å². The molecule has 138 valence electrons. The summed E-state index contributed by atoms with van der Waals surface area (Å²) in [4.78, 5) is 19.2. The number of fused-ring (bicyclic) bond motifs is 5. The fraction of sp³-hybridized carbons (Fsp3) is 0.250. The molecule has 0 radical (unpaired) electrons. The molecule has 2 bridgehead atoms. The number of pyridine rings is 2. The van der Waals surface area contributed by atoms with Crippen LogP contribution in [0, 0.1) is 0 Å². The minimum Gasteiger partial charge on any atom is -0.267 e. The van der Waals surface area contributed by atoms with Crippen molar-refractivity contribution >= 4 is 28.5 Å². The number of aryl methyl sites for hydroxylation is 1. The molecular weight excluding hydrogens is 344 g/mol. The molecular formula is C24H22N4. The number of hydrogen-bond donors (Lipinski definition) is 0. The van der Waals surface area contributed by atoms with Crippen molar-refractivity contribution in [3.05, 3.63) is 77.8 Å². The van der Waals surface area contributed by atoms with Gasteiger partial charge < -0.3 is 0 Å². The van der Waals surface area contributed by atoms with Crippen LogP contribution in [-0.2, 0) is 6.42 Å². The second-order valence-corrected chi connectivity index (χ2v) is 7.37. The van der Waals surface area contributed by atoms with E-state index in [9.17, 15) is 0 Å². The topological polar surface area (TPSA) is 50.5 Å². The molecule has 2 aliphatic rings. The Labute approximate surface area is 164 Å². The van der Waals surface area contributed by atoms with Gasteiger partial charge in [-0.1, -0.05) is 30.3 Å². The highest BCUT2D eigenvalue weighted by molar-refractivity contribution is 6.10. The zero-order chi connectivity index (χ0) is 18.8. The molecule has 1 unspecified atom stereocenters. The number of aliphatic imine (C=N–C) groups is 2. The zero-order valence-corrected chi connectivity index (χ0v) is 15.8. The van der Waals surface area contributed by atoms with E-state index in [0.29, 0.717) is 6.04 Å². The summed E-state index contributed by atoms with van der Waals surface area (Å²) >= 11 is 0. The van der Waals surface area contributed by atoms with Gasteiger partial charge in [0.1, 0.15) is 5.84 Å². The Balaban J connectivity index is 1.41. The lowest BCUT2D eigenvalue weighted by Gasteiger charge is -2.20. The summed E-state index contributed by atoms with van der Waals surface area (Å²) < 4.78 is 0. The van der Waals surface area contributed by atoms with Crippen LogP contribution in [0.3, 0.4) is 0 Å². The largest absolute Gasteiger partial charge is 0.267 e. The molecule has 5 rings (SSSR count). The third kappa shape index (κ3) is 3.50. The van der Waals surface area contributed by atoms with Gasteiger partial charge in [0.25, 0.3) is 0 Å². The molecule has 1 atom stereocenters. The first-order chi connectivity index (χ1) is 13.8. The van der Waals surface area contributed by atoms with Gasteiger partial charge in [-0.25, -0.2) is 4.99 Å². The van der Waals surface area contributed by atoms with Crippen LogP contribution in [0.25, 0.3) is 17.0 Å². The maximum Gasteiger partial charge on any atom is 0.124 e. The van der Waals surface area contributed by atoms with Crippen LogP contribution in [0.5, 0.6) is 0 Å². The van der Waals surface area contributed by atoms with E-state index >= 15 is 0 Å². The summed E-state index contributed by atoms with van der Waals surface area (Å²) in [5.74, 6) is 0.943. The highest BCUT2D eigenvalue weighted by Crippen LogP contribution is 2.24. The molecule has 4 nitrogen and oxygen atoms in total. The van der Waals surface area contributed by atoms with Gasteiger partial charge in [-0.15, -0.1) is 0 Å². The quantitative estimate of drug-likeness (QED) is 0.653. The molecule has 1 aliphatic carbocycles. The number of allylic oxidation sites excluding steroid dienone is 1. The normalized spacial score (nSPS) is 18.5. The Morgan fingerprint density at radius 1 is 0.964 bits per heavy atom. The molecule has 1 aliphatic heterocycles. The average molecular weight is 366 g/mol. The van der Waals surface area contributed by atoms with Crippen molar-refractivity contribution in [2.24, 2.45) is 9.98 Å². The number of hydrogen-bond acceptors (Lipinski definition) is 4. The van der Waals surface area contributed by atoms with E-state index in [0.717, 1.165) is 66.1 Å². The lowest BCUT2D eigenvalue weighted by atomic mass is 9.98. The van der Waals surface area contributed by atoms with Crippen LogP contribution in [-0.4, -0.2) is 27.6 Å². The molecule has 0 spiro atoms. The minimum absolute atomic E-state index is 0.308. The molecule has 3 heterocycles. The van der Waals surface area contributed by atoms with Gasteiger partial charge in [0.05, 0.1) is 23.0 Å². The summed E-state index contributed by atoms with van der Waals surface area (Å²) in [7, 11) is 0. The van der Waals surface area contributed by atoms with Gasteiger partial charge in [-0.2, -0.15) is 0 Å². The predicted octanol–water partition coefficient (Wildman–Crippen LogP) is 5.03. The Morgan fingerprint density at radius 2 is 1.93 bits per heavy atom. The van der Waals surface area contributed by atoms with E-state index < -0.39 is 0 Å². The van der Waals surface area contributed by atoms with Crippen LogP contribution < -0.4 is 0 Å². The smallest absolute Gasteiger partial charge is 0.124 e. The minimum atomic E-state index is 0.308. The summed E-state index contributed by atoms with van der Waals surface area (Å²) in [5.41, 5.74) is 5.41. The van der Waals surface area contributed by atoms with Gasteiger partial charge in [-0.05, 0) is 49.6 Å². The summed E-state index contributed by atoms with van der Waals surface area (Å²) in [5, 5.41) is 1.18. The lowest BCUT2D eigenvalue weighted by molar-refractivity contribution is 0.636. The van der Waals surface area contributed by atoms with Crippen molar-refractivity contribution in [2.45, 2.75) is 38.1 Å². The molecule has 0 saturated heterocycles. The van der Waals surface area contributed by atoms with Gasteiger partial charge in [0.2, 0.25) is 0 Å². The second-order valence-electron chi connectivity index (χ2n) is 7.37. The fourth-order valence-corrected chi connectivity index (χ4v) is 3.93. The highest BCUT2D eigenvalue weighted by atomic mass is 15.0. The molecule has 1 aromatic carbocycles. The van der Waals surface area contributed by atoms with Crippen LogP contribution in [0.15, 0.2) is 70.8 Å². The van der Waals surface area contributed by atoms with Gasteiger partial charge in [0.15, 0.2) is 0 Å². The van der Waals surface area contributed by atoms with Crippen LogP contribution in [0.4, 0.5) is 0 Å². The van der Waals surface area contributed by atoms with Gasteiger partial charge in [0, 0.05) is 35.7 Å². The summed E-state index contributed by atoms with van der Waals surface area (Å²) in [6.07, 6.45) is 10.8. The first kappa shape index (κ1) is 17.0. The summed E-state index contributed by atoms with van der Waals surface area (Å²) in [6, 6.07) is 16.9. The van der Waals surface area contributed by atoms with Gasteiger partial charge in [-0.3, -0.25) is 15.0 Å². The lowest BCUT2D eigenvalue weighted by Crippen LogP contribution is -2.22. The van der Waals surface area contributed by atoms with Crippen LogP contribution >= 0.6 is 0 Å². The predicted molar refractivity (Wildman–Crippen MR) is 115 cm³/mol. The Hall–Kier alpha value is -3.14. The molecule has 4 heteroatoms. The molecule has 0 saturated carbocycles. The first-order valence-electron chi connectivity index (χ1n) is 9.96. The highest BCUT2D eigenvalue weighted by Gasteiger charge is 2.21. The first-order valence-corrected chi connectivity index (χ1v) is 9.96. The fourth-order valence-electron chi connectivity index (χ4n) is 3.93. The van der Waals surface area contributed by atoms with Crippen molar-refractivity contribution in [3.63, 3.8) is 0 Å². The maximum atomic E-state index is 4.94. The molecule has 0 amide bonds. The second kappa shape index (κ2) is 7.47. The molecule has 3 aromatic rings. The standard InChI is InChI=1S/C24H22N4/c1-3-9-21-17(6-1)11-12-18(26-21)13-14-24-27-19-7-2-4-10-22-20(8-5-15-25-22)23(16-19)28-24/h1,3-6,8-12,15,19H,2,7,13-14,16H2. The molecule has 2 aromatic heterocycles. The summed E-state index contributed by atoms with van der Waals surface area (Å²) in [6.45, 7) is 0. The van der Waals surface area contributed by atoms with E-state index in [1.807, 2.05) is 24.4 Å². The molecule has 0 fully saturated rings. The van der Waals surface area contributed by atoms with E-state index in [-0.39, 0.29) is 0 Å². The monoisotopic (exact) mass is 366 g/mol. The Kier molecular flexibility index (Phi) is 4.53. The van der Waals surface area contributed by atoms with E-state index in [1.54, 1.807) is 0 Å². The Bertz CT molecular complexity index is 1110. The van der Waals surface area contributed by atoms with Crippen molar-refractivity contribution in [2.75, 3.05) is 0 Å². The van der Waals surface area contributed by atoms with Gasteiger partial charge >= 0.3 is 0 Å². The third-order valence-electron chi connectivity index (χ3n) is 5.38. The molecule has 0 N–H and O–H groups in total. The van der Waals surface area contributed by atoms with E-state index in [2.05, 4.69) is 47.5 Å². The van der Waals surface area contributed by atoms with E-state index in [4.69, 9.17) is 15.0 Å². The maximum absolute atomic E-state index is 4.94. The van der Waals surface area contributed by atoms with Crippen LogP contribution in [0.1, 0.15) is 42.6 Å². The van der Waals surface area contributed by atoms with Crippen molar-refractivity contribution in [1.29, 1.82) is 0 Å². The number of rotatable bonds is 3. The van der Waals surface area contributed by atoms with Crippen molar-refractivity contribution in [3.8, 4) is 0 Å². The van der Waals surface area contributed by atoms with Crippen molar-refractivity contribution in [1.82, 2.24) is 9.97 Å². The number of aromatic nitrogens is 2. The Morgan fingerprint density at radius 3 is 2.93 bits per heavy atom. The number of nitrogens with zero attached hydrogens (tertiary/aromatic N) is 4. The SMILES string of the molecule is C1=Cc2ncccc2C2=NC(CCc3ccc4ccccc4n3)=NC(CC1)C2.